The molecule has 0 aliphatic carbocycles. The number of halogens is 1. The van der Waals surface area contributed by atoms with E-state index in [1.807, 2.05) is 13.8 Å². The van der Waals surface area contributed by atoms with Gasteiger partial charge in [0, 0.05) is 25.1 Å². The zero-order valence-electron chi connectivity index (χ0n) is 10.2. The monoisotopic (exact) mass is 255 g/mol. The van der Waals surface area contributed by atoms with Crippen molar-refractivity contribution in [2.75, 3.05) is 18.0 Å². The Hall–Kier alpha value is -0.870. The summed E-state index contributed by atoms with van der Waals surface area (Å²) < 4.78 is 0. The maximum atomic E-state index is 9.67. The molecular weight excluding hydrogens is 238 g/mol. The first kappa shape index (κ1) is 12.6. The van der Waals surface area contributed by atoms with Crippen molar-refractivity contribution >= 4 is 17.4 Å². The molecule has 2 heterocycles. The van der Waals surface area contributed by atoms with Crippen LogP contribution in [0.4, 0.5) is 5.82 Å². The van der Waals surface area contributed by atoms with E-state index < -0.39 is 0 Å². The number of aliphatic hydroxyl groups excluding tert-OH is 1. The summed E-state index contributed by atoms with van der Waals surface area (Å²) in [5, 5.41) is 10.1. The first-order valence-corrected chi connectivity index (χ1v) is 6.38. The molecule has 1 aliphatic heterocycles. The van der Waals surface area contributed by atoms with Crippen LogP contribution in [0.3, 0.4) is 0 Å². The molecule has 0 aromatic carbocycles. The summed E-state index contributed by atoms with van der Waals surface area (Å²) in [6.07, 6.45) is 1.89. The fraction of sp³-hybridized carbons (Fsp3) is 0.667. The summed E-state index contributed by atoms with van der Waals surface area (Å²) in [6, 6.07) is 1.79. The first-order valence-electron chi connectivity index (χ1n) is 6.00. The zero-order valence-corrected chi connectivity index (χ0v) is 11.0. The maximum absolute atomic E-state index is 9.67. The van der Waals surface area contributed by atoms with Gasteiger partial charge in [0.2, 0.25) is 0 Å². The van der Waals surface area contributed by atoms with Crippen molar-refractivity contribution in [1.29, 1.82) is 0 Å². The molecule has 2 unspecified atom stereocenters. The predicted molar refractivity (Wildman–Crippen MR) is 68.4 cm³/mol. The molecule has 2 rings (SSSR count). The number of nitrogens with zero attached hydrogens (tertiary/aromatic N) is 3. The second kappa shape index (κ2) is 5.19. The molecule has 1 fully saturated rings. The number of aromatic nitrogens is 2. The summed E-state index contributed by atoms with van der Waals surface area (Å²) in [5.41, 5.74) is 0. The van der Waals surface area contributed by atoms with Gasteiger partial charge in [0.25, 0.3) is 0 Å². The van der Waals surface area contributed by atoms with Gasteiger partial charge in [-0.3, -0.25) is 0 Å². The van der Waals surface area contributed by atoms with Crippen molar-refractivity contribution in [3.05, 3.63) is 17.0 Å². The average molecular weight is 256 g/mol. The molecular formula is C12H18ClN3O. The fourth-order valence-corrected chi connectivity index (χ4v) is 2.51. The van der Waals surface area contributed by atoms with Crippen LogP contribution in [-0.4, -0.2) is 34.3 Å². The van der Waals surface area contributed by atoms with Crippen LogP contribution < -0.4 is 4.90 Å². The van der Waals surface area contributed by atoms with Crippen molar-refractivity contribution in [1.82, 2.24) is 9.97 Å². The van der Waals surface area contributed by atoms with Crippen molar-refractivity contribution in [2.45, 2.75) is 32.8 Å². The van der Waals surface area contributed by atoms with Gasteiger partial charge >= 0.3 is 0 Å². The molecule has 0 radical (unpaired) electrons. The molecule has 4 nitrogen and oxygen atoms in total. The van der Waals surface area contributed by atoms with Gasteiger partial charge in [0.05, 0.1) is 6.10 Å². The third-order valence-electron chi connectivity index (χ3n) is 3.26. The van der Waals surface area contributed by atoms with Gasteiger partial charge < -0.3 is 10.0 Å². The van der Waals surface area contributed by atoms with E-state index in [2.05, 4.69) is 14.9 Å². The Labute approximate surface area is 107 Å². The summed E-state index contributed by atoms with van der Waals surface area (Å²) in [5.74, 6) is 1.87. The third kappa shape index (κ3) is 3.07. The van der Waals surface area contributed by atoms with Crippen LogP contribution in [0, 0.1) is 12.8 Å². The van der Waals surface area contributed by atoms with E-state index in [1.165, 1.54) is 0 Å². The Balaban J connectivity index is 2.16. The molecule has 1 N–H and O–H groups in total. The number of hydrogen-bond acceptors (Lipinski definition) is 4. The van der Waals surface area contributed by atoms with Crippen molar-refractivity contribution in [3.63, 3.8) is 0 Å². The van der Waals surface area contributed by atoms with Gasteiger partial charge in [-0.05, 0) is 26.7 Å². The Morgan fingerprint density at radius 2 is 2.29 bits per heavy atom. The van der Waals surface area contributed by atoms with Crippen molar-refractivity contribution in [2.24, 2.45) is 5.92 Å². The van der Waals surface area contributed by atoms with Gasteiger partial charge in [0.15, 0.2) is 0 Å². The molecule has 5 heteroatoms. The van der Waals surface area contributed by atoms with E-state index in [9.17, 15) is 5.11 Å². The third-order valence-corrected chi connectivity index (χ3v) is 3.45. The molecule has 0 saturated carbocycles. The molecule has 2 atom stereocenters. The molecule has 0 bridgehead atoms. The van der Waals surface area contributed by atoms with E-state index in [-0.39, 0.29) is 6.10 Å². The Bertz CT molecular complexity index is 377. The van der Waals surface area contributed by atoms with Crippen LogP contribution in [-0.2, 0) is 0 Å². The number of rotatable bonds is 2. The van der Waals surface area contributed by atoms with E-state index in [4.69, 9.17) is 11.6 Å². The SMILES string of the molecule is Cc1nc(Cl)cc(N2CCCC(C(C)O)C2)n1. The minimum Gasteiger partial charge on any atom is -0.393 e. The molecule has 94 valence electrons. The van der Waals surface area contributed by atoms with Gasteiger partial charge in [-0.2, -0.15) is 0 Å². The molecule has 1 aliphatic rings. The predicted octanol–water partition coefficient (Wildman–Crippen LogP) is 2.04. The highest BCUT2D eigenvalue weighted by Gasteiger charge is 2.24. The highest BCUT2D eigenvalue weighted by atomic mass is 35.5. The number of hydrogen-bond donors (Lipinski definition) is 1. The van der Waals surface area contributed by atoms with Crippen LogP contribution in [0.1, 0.15) is 25.6 Å². The second-order valence-electron chi connectivity index (χ2n) is 4.69. The number of aliphatic hydroxyl groups is 1. The van der Waals surface area contributed by atoms with E-state index in [0.717, 1.165) is 31.7 Å². The maximum Gasteiger partial charge on any atom is 0.134 e. The lowest BCUT2D eigenvalue weighted by atomic mass is 9.93. The molecule has 1 saturated heterocycles. The van der Waals surface area contributed by atoms with Crippen LogP contribution in [0.15, 0.2) is 6.07 Å². The average Bonchev–Trinajstić information content (AvgIpc) is 2.28. The van der Waals surface area contributed by atoms with Crippen LogP contribution in [0.5, 0.6) is 0 Å². The fourth-order valence-electron chi connectivity index (χ4n) is 2.29. The smallest absolute Gasteiger partial charge is 0.134 e. The van der Waals surface area contributed by atoms with Gasteiger partial charge in [-0.25, -0.2) is 9.97 Å². The minimum absolute atomic E-state index is 0.267. The zero-order chi connectivity index (χ0) is 12.4. The van der Waals surface area contributed by atoms with Crippen LogP contribution >= 0.6 is 11.6 Å². The molecule has 1 aromatic heterocycles. The van der Waals surface area contributed by atoms with Gasteiger partial charge in [0.1, 0.15) is 16.8 Å². The van der Waals surface area contributed by atoms with Gasteiger partial charge in [-0.15, -0.1) is 0 Å². The highest BCUT2D eigenvalue weighted by molar-refractivity contribution is 6.29. The van der Waals surface area contributed by atoms with E-state index >= 15 is 0 Å². The number of aryl methyl sites for hydroxylation is 1. The van der Waals surface area contributed by atoms with Crippen molar-refractivity contribution in [3.8, 4) is 0 Å². The Kier molecular flexibility index (Phi) is 3.84. The quantitative estimate of drug-likeness (QED) is 0.822. The van der Waals surface area contributed by atoms with Gasteiger partial charge in [-0.1, -0.05) is 11.6 Å². The first-order chi connectivity index (χ1) is 8.06. The van der Waals surface area contributed by atoms with E-state index in [1.54, 1.807) is 6.07 Å². The van der Waals surface area contributed by atoms with Crippen molar-refractivity contribution < 1.29 is 5.11 Å². The summed E-state index contributed by atoms with van der Waals surface area (Å²) in [4.78, 5) is 10.6. The lowest BCUT2D eigenvalue weighted by molar-refractivity contribution is 0.115. The molecule has 17 heavy (non-hydrogen) atoms. The summed E-state index contributed by atoms with van der Waals surface area (Å²) in [6.45, 7) is 5.50. The summed E-state index contributed by atoms with van der Waals surface area (Å²) in [7, 11) is 0. The Morgan fingerprint density at radius 3 is 2.94 bits per heavy atom. The normalized spacial score (nSPS) is 22.6. The Morgan fingerprint density at radius 1 is 1.53 bits per heavy atom. The summed E-state index contributed by atoms with van der Waals surface area (Å²) >= 11 is 5.94. The molecule has 1 aromatic rings. The minimum atomic E-state index is -0.267. The molecule has 0 amide bonds. The largest absolute Gasteiger partial charge is 0.393 e. The number of anilines is 1. The van der Waals surface area contributed by atoms with Crippen LogP contribution in [0.2, 0.25) is 5.15 Å². The van der Waals surface area contributed by atoms with E-state index in [0.29, 0.717) is 16.9 Å². The standard InChI is InChI=1S/C12H18ClN3O/c1-8(17)10-4-3-5-16(7-10)12-6-11(13)14-9(2)15-12/h6,8,10,17H,3-5,7H2,1-2H3. The highest BCUT2D eigenvalue weighted by Crippen LogP contribution is 2.25. The van der Waals surface area contributed by atoms with Crippen LogP contribution in [0.25, 0.3) is 0 Å². The topological polar surface area (TPSA) is 49.2 Å². The lowest BCUT2D eigenvalue weighted by Crippen LogP contribution is -2.40. The number of piperidine rings is 1. The second-order valence-corrected chi connectivity index (χ2v) is 5.07. The lowest BCUT2D eigenvalue weighted by Gasteiger charge is -2.35. The molecule has 0 spiro atoms.